The fourth-order valence-corrected chi connectivity index (χ4v) is 1.52. The van der Waals surface area contributed by atoms with Gasteiger partial charge in [0, 0.05) is 24.8 Å². The van der Waals surface area contributed by atoms with Gasteiger partial charge in [-0.1, -0.05) is 6.07 Å². The molecule has 0 aliphatic heterocycles. The third-order valence-corrected chi connectivity index (χ3v) is 2.29. The Morgan fingerprint density at radius 2 is 2.06 bits per heavy atom. The van der Waals surface area contributed by atoms with Crippen LogP contribution in [0.1, 0.15) is 6.92 Å². The molecule has 0 fully saturated rings. The van der Waals surface area contributed by atoms with Crippen LogP contribution >= 0.6 is 0 Å². The normalized spacial score (nSPS) is 10.2. The van der Waals surface area contributed by atoms with Crippen molar-refractivity contribution in [3.63, 3.8) is 0 Å². The molecule has 0 aromatic heterocycles. The quantitative estimate of drug-likeness (QED) is 0.723. The maximum atomic E-state index is 8.93. The van der Waals surface area contributed by atoms with Gasteiger partial charge in [0.15, 0.2) is 0 Å². The summed E-state index contributed by atoms with van der Waals surface area (Å²) >= 11 is 0. The van der Waals surface area contributed by atoms with Crippen LogP contribution in [0.4, 0.5) is 5.69 Å². The predicted molar refractivity (Wildman–Crippen MR) is 64.0 cm³/mol. The Morgan fingerprint density at radius 3 is 2.69 bits per heavy atom. The molecule has 0 bridgehead atoms. The van der Waals surface area contributed by atoms with Crippen LogP contribution < -0.4 is 9.64 Å². The first kappa shape index (κ1) is 12.8. The van der Waals surface area contributed by atoms with Crippen molar-refractivity contribution in [2.24, 2.45) is 0 Å². The van der Waals surface area contributed by atoms with E-state index in [0.29, 0.717) is 13.2 Å². The van der Waals surface area contributed by atoms with E-state index < -0.39 is 0 Å². The number of likely N-dealkylation sites (N-methyl/N-ethyl adjacent to an activating group) is 1. The number of anilines is 1. The van der Waals surface area contributed by atoms with Gasteiger partial charge in [-0.15, -0.1) is 0 Å². The van der Waals surface area contributed by atoms with E-state index in [0.717, 1.165) is 18.0 Å². The van der Waals surface area contributed by atoms with Crippen molar-refractivity contribution >= 4 is 5.69 Å². The Morgan fingerprint density at radius 1 is 1.25 bits per heavy atom. The highest BCUT2D eigenvalue weighted by atomic mass is 16.5. The molecule has 0 spiro atoms. The van der Waals surface area contributed by atoms with Gasteiger partial charge in [-0.05, 0) is 19.1 Å². The van der Waals surface area contributed by atoms with Crippen LogP contribution in [0, 0.1) is 0 Å². The van der Waals surface area contributed by atoms with E-state index in [1.807, 2.05) is 31.2 Å². The number of hydrogen-bond acceptors (Lipinski definition) is 4. The molecule has 0 saturated carbocycles. The van der Waals surface area contributed by atoms with Crippen LogP contribution in [0.3, 0.4) is 0 Å². The number of benzene rings is 1. The van der Waals surface area contributed by atoms with Crippen molar-refractivity contribution in [2.45, 2.75) is 6.92 Å². The highest BCUT2D eigenvalue weighted by Gasteiger charge is 2.04. The molecule has 4 nitrogen and oxygen atoms in total. The van der Waals surface area contributed by atoms with Crippen LogP contribution in [0.2, 0.25) is 0 Å². The number of ether oxygens (including phenoxy) is 1. The lowest BCUT2D eigenvalue weighted by Crippen LogP contribution is -2.26. The monoisotopic (exact) mass is 225 g/mol. The van der Waals surface area contributed by atoms with Gasteiger partial charge in [-0.3, -0.25) is 0 Å². The molecule has 0 amide bonds. The van der Waals surface area contributed by atoms with Crippen molar-refractivity contribution in [3.05, 3.63) is 24.3 Å². The molecule has 4 heteroatoms. The van der Waals surface area contributed by atoms with E-state index in [1.54, 1.807) is 0 Å². The zero-order valence-corrected chi connectivity index (χ0v) is 9.59. The molecule has 0 radical (unpaired) electrons. The standard InChI is InChI=1S/C12H19NO3/c1-2-13(6-7-14)11-4-3-5-12(10-11)16-9-8-15/h3-5,10,14-15H,2,6-9H2,1H3. The van der Waals surface area contributed by atoms with Crippen molar-refractivity contribution in [2.75, 3.05) is 37.8 Å². The summed E-state index contributed by atoms with van der Waals surface area (Å²) in [5.74, 6) is 0.739. The lowest BCUT2D eigenvalue weighted by atomic mass is 10.2. The van der Waals surface area contributed by atoms with E-state index in [4.69, 9.17) is 14.9 Å². The van der Waals surface area contributed by atoms with Gasteiger partial charge in [0.05, 0.1) is 13.2 Å². The summed E-state index contributed by atoms with van der Waals surface area (Å²) in [6.07, 6.45) is 0. The van der Waals surface area contributed by atoms with Crippen molar-refractivity contribution in [1.82, 2.24) is 0 Å². The first-order valence-electron chi connectivity index (χ1n) is 5.51. The second kappa shape index (κ2) is 7.09. The SMILES string of the molecule is CCN(CCO)c1cccc(OCCO)c1. The Kier molecular flexibility index (Phi) is 5.67. The van der Waals surface area contributed by atoms with Crippen LogP contribution in [-0.4, -0.2) is 43.1 Å². The first-order chi connectivity index (χ1) is 7.81. The Hall–Kier alpha value is -1.26. The van der Waals surface area contributed by atoms with Crippen LogP contribution in [-0.2, 0) is 0 Å². The van der Waals surface area contributed by atoms with Crippen LogP contribution in [0.15, 0.2) is 24.3 Å². The molecule has 0 unspecified atom stereocenters. The minimum Gasteiger partial charge on any atom is -0.491 e. The predicted octanol–water partition coefficient (Wildman–Crippen LogP) is 0.876. The third kappa shape index (κ3) is 3.72. The molecule has 0 atom stereocenters. The average Bonchev–Trinajstić information content (AvgIpc) is 2.33. The first-order valence-corrected chi connectivity index (χ1v) is 5.51. The summed E-state index contributed by atoms with van der Waals surface area (Å²) in [7, 11) is 0. The molecule has 1 aromatic rings. The topological polar surface area (TPSA) is 52.9 Å². The summed E-state index contributed by atoms with van der Waals surface area (Å²) < 4.78 is 5.33. The largest absolute Gasteiger partial charge is 0.491 e. The molecule has 0 heterocycles. The molecular formula is C12H19NO3. The van der Waals surface area contributed by atoms with E-state index >= 15 is 0 Å². The number of rotatable bonds is 7. The van der Waals surface area contributed by atoms with Crippen LogP contribution in [0.25, 0.3) is 0 Å². The molecule has 1 rings (SSSR count). The van der Waals surface area contributed by atoms with Gasteiger partial charge < -0.3 is 19.8 Å². The Bertz CT molecular complexity index is 304. The number of aliphatic hydroxyl groups is 2. The van der Waals surface area contributed by atoms with Crippen molar-refractivity contribution in [1.29, 1.82) is 0 Å². The van der Waals surface area contributed by atoms with E-state index in [9.17, 15) is 0 Å². The molecule has 16 heavy (non-hydrogen) atoms. The van der Waals surface area contributed by atoms with Crippen LogP contribution in [0.5, 0.6) is 5.75 Å². The highest BCUT2D eigenvalue weighted by Crippen LogP contribution is 2.20. The maximum Gasteiger partial charge on any atom is 0.121 e. The Labute approximate surface area is 96.1 Å². The molecule has 90 valence electrons. The molecule has 0 saturated heterocycles. The molecule has 0 aliphatic carbocycles. The fraction of sp³-hybridized carbons (Fsp3) is 0.500. The number of aliphatic hydroxyl groups excluding tert-OH is 2. The third-order valence-electron chi connectivity index (χ3n) is 2.29. The zero-order valence-electron chi connectivity index (χ0n) is 9.59. The summed E-state index contributed by atoms with van der Waals surface area (Å²) in [5.41, 5.74) is 1.02. The number of nitrogens with zero attached hydrogens (tertiary/aromatic N) is 1. The summed E-state index contributed by atoms with van der Waals surface area (Å²) in [5, 5.41) is 17.6. The minimum atomic E-state index is 0.0123. The minimum absolute atomic E-state index is 0.0123. The fourth-order valence-electron chi connectivity index (χ4n) is 1.52. The smallest absolute Gasteiger partial charge is 0.121 e. The second-order valence-corrected chi connectivity index (χ2v) is 3.37. The van der Waals surface area contributed by atoms with Gasteiger partial charge in [-0.2, -0.15) is 0 Å². The molecule has 0 aliphatic rings. The van der Waals surface area contributed by atoms with E-state index in [1.165, 1.54) is 0 Å². The van der Waals surface area contributed by atoms with Crippen molar-refractivity contribution < 1.29 is 14.9 Å². The zero-order chi connectivity index (χ0) is 11.8. The second-order valence-electron chi connectivity index (χ2n) is 3.37. The number of hydrogen-bond donors (Lipinski definition) is 2. The van der Waals surface area contributed by atoms with Gasteiger partial charge in [0.1, 0.15) is 12.4 Å². The van der Waals surface area contributed by atoms with Gasteiger partial charge in [-0.25, -0.2) is 0 Å². The maximum absolute atomic E-state index is 8.93. The van der Waals surface area contributed by atoms with Gasteiger partial charge >= 0.3 is 0 Å². The highest BCUT2D eigenvalue weighted by molar-refractivity contribution is 5.50. The average molecular weight is 225 g/mol. The van der Waals surface area contributed by atoms with E-state index in [-0.39, 0.29) is 13.2 Å². The van der Waals surface area contributed by atoms with Gasteiger partial charge in [0.25, 0.3) is 0 Å². The lowest BCUT2D eigenvalue weighted by molar-refractivity contribution is 0.201. The molecular weight excluding hydrogens is 206 g/mol. The van der Waals surface area contributed by atoms with Crippen molar-refractivity contribution in [3.8, 4) is 5.75 Å². The molecule has 1 aromatic carbocycles. The van der Waals surface area contributed by atoms with E-state index in [2.05, 4.69) is 4.90 Å². The molecule has 2 N–H and O–H groups in total. The lowest BCUT2D eigenvalue weighted by Gasteiger charge is -2.22. The summed E-state index contributed by atoms with van der Waals surface area (Å²) in [6.45, 7) is 3.93. The summed E-state index contributed by atoms with van der Waals surface area (Å²) in [4.78, 5) is 2.06. The van der Waals surface area contributed by atoms with Gasteiger partial charge in [0.2, 0.25) is 0 Å². The summed E-state index contributed by atoms with van der Waals surface area (Å²) in [6, 6.07) is 7.65. The Balaban J connectivity index is 2.71.